The van der Waals surface area contributed by atoms with E-state index < -0.39 is 0 Å². The first-order valence-electron chi connectivity index (χ1n) is 14.3. The molecule has 1 saturated carbocycles. The Labute approximate surface area is 213 Å². The normalized spacial score (nSPS) is 17.9. The van der Waals surface area contributed by atoms with E-state index in [1.54, 1.807) is 0 Å². The van der Waals surface area contributed by atoms with Gasteiger partial charge in [-0.3, -0.25) is 14.8 Å². The van der Waals surface area contributed by atoms with Crippen molar-refractivity contribution in [1.29, 1.82) is 0 Å². The van der Waals surface area contributed by atoms with Crippen LogP contribution in [0.3, 0.4) is 0 Å². The zero-order valence-electron chi connectivity index (χ0n) is 22.1. The molecular weight excluding hydrogens is 432 g/mol. The molecule has 0 amide bonds. The second kappa shape index (κ2) is 15.7. The predicted octanol–water partition coefficient (Wildman–Crippen LogP) is 8.73. The minimum atomic E-state index is -0.0724. The summed E-state index contributed by atoms with van der Waals surface area (Å²) in [6.07, 6.45) is 23.5. The first kappa shape index (κ1) is 27.4. The SMILES string of the molecule is CCCCCCCCCCc1cnc(-c2ccc(OC(=O)C3CCC(CCCC)CC3)cc2)cn1. The van der Waals surface area contributed by atoms with Crippen LogP contribution in [-0.4, -0.2) is 15.9 Å². The molecule has 0 bridgehead atoms. The number of nitrogens with zero attached hydrogens (tertiary/aromatic N) is 2. The largest absolute Gasteiger partial charge is 0.426 e. The van der Waals surface area contributed by atoms with Crippen molar-refractivity contribution in [1.82, 2.24) is 9.97 Å². The number of hydrogen-bond donors (Lipinski definition) is 0. The van der Waals surface area contributed by atoms with Gasteiger partial charge in [-0.2, -0.15) is 0 Å². The van der Waals surface area contributed by atoms with Crippen molar-refractivity contribution < 1.29 is 9.53 Å². The minimum absolute atomic E-state index is 0.0482. The second-order valence-electron chi connectivity index (χ2n) is 10.4. The van der Waals surface area contributed by atoms with Crippen molar-refractivity contribution in [3.05, 3.63) is 42.4 Å². The highest BCUT2D eigenvalue weighted by Gasteiger charge is 2.27. The molecule has 0 spiro atoms. The van der Waals surface area contributed by atoms with Crippen molar-refractivity contribution in [2.75, 3.05) is 0 Å². The van der Waals surface area contributed by atoms with E-state index in [4.69, 9.17) is 4.74 Å². The van der Waals surface area contributed by atoms with Gasteiger partial charge in [0.05, 0.1) is 23.5 Å². The second-order valence-corrected chi connectivity index (χ2v) is 10.4. The van der Waals surface area contributed by atoms with Crippen molar-refractivity contribution in [3.8, 4) is 17.0 Å². The third kappa shape index (κ3) is 9.74. The molecule has 1 heterocycles. The van der Waals surface area contributed by atoms with Crippen LogP contribution in [0.4, 0.5) is 0 Å². The van der Waals surface area contributed by atoms with E-state index in [-0.39, 0.29) is 11.9 Å². The Morgan fingerprint density at radius 2 is 1.46 bits per heavy atom. The van der Waals surface area contributed by atoms with E-state index in [0.717, 1.165) is 55.0 Å². The first-order chi connectivity index (χ1) is 17.2. The van der Waals surface area contributed by atoms with Crippen LogP contribution in [0.1, 0.15) is 116 Å². The molecule has 0 N–H and O–H groups in total. The lowest BCUT2D eigenvalue weighted by molar-refractivity contribution is -0.140. The molecule has 0 radical (unpaired) electrons. The molecule has 1 fully saturated rings. The standard InChI is InChI=1S/C31H46N2O2/c1-3-5-7-8-9-10-11-12-14-28-23-33-30(24-32-28)26-19-21-29(22-20-26)35-31(34)27-17-15-25(16-18-27)13-6-4-2/h19-25,27H,3-18H2,1-2H3. The highest BCUT2D eigenvalue weighted by molar-refractivity contribution is 5.75. The lowest BCUT2D eigenvalue weighted by atomic mass is 9.80. The summed E-state index contributed by atoms with van der Waals surface area (Å²) in [4.78, 5) is 21.9. The maximum absolute atomic E-state index is 12.6. The summed E-state index contributed by atoms with van der Waals surface area (Å²) in [5, 5.41) is 0. The molecule has 2 aromatic rings. The van der Waals surface area contributed by atoms with Gasteiger partial charge < -0.3 is 4.74 Å². The Morgan fingerprint density at radius 3 is 2.09 bits per heavy atom. The number of aromatic nitrogens is 2. The van der Waals surface area contributed by atoms with Gasteiger partial charge in [0.15, 0.2) is 0 Å². The molecule has 35 heavy (non-hydrogen) atoms. The van der Waals surface area contributed by atoms with Gasteiger partial charge in [0.2, 0.25) is 0 Å². The van der Waals surface area contributed by atoms with E-state index >= 15 is 0 Å². The molecular formula is C31H46N2O2. The Kier molecular flexibility index (Phi) is 12.3. The summed E-state index contributed by atoms with van der Waals surface area (Å²) < 4.78 is 5.70. The highest BCUT2D eigenvalue weighted by atomic mass is 16.5. The topological polar surface area (TPSA) is 52.1 Å². The van der Waals surface area contributed by atoms with Crippen LogP contribution in [0.5, 0.6) is 5.75 Å². The number of rotatable bonds is 15. The molecule has 1 aliphatic carbocycles. The molecule has 0 atom stereocenters. The van der Waals surface area contributed by atoms with Gasteiger partial charge in [0.1, 0.15) is 5.75 Å². The molecule has 192 valence electrons. The van der Waals surface area contributed by atoms with Crippen LogP contribution in [-0.2, 0) is 11.2 Å². The van der Waals surface area contributed by atoms with Crippen LogP contribution in [0.2, 0.25) is 0 Å². The number of esters is 1. The summed E-state index contributed by atoms with van der Waals surface area (Å²) >= 11 is 0. The van der Waals surface area contributed by atoms with E-state index in [1.807, 2.05) is 36.7 Å². The van der Waals surface area contributed by atoms with Crippen molar-refractivity contribution in [2.24, 2.45) is 11.8 Å². The molecule has 0 unspecified atom stereocenters. The first-order valence-corrected chi connectivity index (χ1v) is 14.3. The fourth-order valence-electron chi connectivity index (χ4n) is 5.15. The smallest absolute Gasteiger partial charge is 0.314 e. The molecule has 1 aliphatic rings. The average Bonchev–Trinajstić information content (AvgIpc) is 2.90. The Balaban J connectivity index is 1.38. The zero-order chi connectivity index (χ0) is 24.7. The van der Waals surface area contributed by atoms with Crippen LogP contribution in [0, 0.1) is 11.8 Å². The summed E-state index contributed by atoms with van der Waals surface area (Å²) in [6, 6.07) is 7.67. The Bertz CT molecular complexity index is 839. The number of carbonyl (C=O) groups is 1. The number of ether oxygens (including phenoxy) is 1. The van der Waals surface area contributed by atoms with Crippen molar-refractivity contribution >= 4 is 5.97 Å². The maximum Gasteiger partial charge on any atom is 0.314 e. The number of aryl methyl sites for hydroxylation is 1. The van der Waals surface area contributed by atoms with Gasteiger partial charge in [-0.05, 0) is 68.7 Å². The third-order valence-corrected chi connectivity index (χ3v) is 7.51. The summed E-state index contributed by atoms with van der Waals surface area (Å²) in [5.74, 6) is 1.39. The number of hydrogen-bond acceptors (Lipinski definition) is 4. The van der Waals surface area contributed by atoms with E-state index in [1.165, 1.54) is 70.6 Å². The quantitative estimate of drug-likeness (QED) is 0.146. The molecule has 1 aromatic heterocycles. The van der Waals surface area contributed by atoms with Gasteiger partial charge >= 0.3 is 5.97 Å². The van der Waals surface area contributed by atoms with Crippen LogP contribution in [0.15, 0.2) is 36.7 Å². The Hall–Kier alpha value is -2.23. The number of benzene rings is 1. The molecule has 1 aromatic carbocycles. The molecule has 4 heteroatoms. The number of carbonyl (C=O) groups excluding carboxylic acids is 1. The van der Waals surface area contributed by atoms with Gasteiger partial charge in [0.25, 0.3) is 0 Å². The summed E-state index contributed by atoms with van der Waals surface area (Å²) in [7, 11) is 0. The van der Waals surface area contributed by atoms with Crippen LogP contribution < -0.4 is 4.74 Å². The molecule has 3 rings (SSSR count). The van der Waals surface area contributed by atoms with E-state index in [9.17, 15) is 4.79 Å². The predicted molar refractivity (Wildman–Crippen MR) is 144 cm³/mol. The van der Waals surface area contributed by atoms with Crippen molar-refractivity contribution in [2.45, 2.75) is 117 Å². The fraction of sp³-hybridized carbons (Fsp3) is 0.645. The van der Waals surface area contributed by atoms with E-state index in [0.29, 0.717) is 5.75 Å². The lowest BCUT2D eigenvalue weighted by Gasteiger charge is -2.27. The van der Waals surface area contributed by atoms with Gasteiger partial charge in [-0.15, -0.1) is 0 Å². The number of unbranched alkanes of at least 4 members (excludes halogenated alkanes) is 8. The van der Waals surface area contributed by atoms with Crippen LogP contribution >= 0.6 is 0 Å². The average molecular weight is 479 g/mol. The molecule has 0 aliphatic heterocycles. The third-order valence-electron chi connectivity index (χ3n) is 7.51. The van der Waals surface area contributed by atoms with E-state index in [2.05, 4.69) is 23.8 Å². The van der Waals surface area contributed by atoms with Crippen molar-refractivity contribution in [3.63, 3.8) is 0 Å². The summed E-state index contributed by atoms with van der Waals surface area (Å²) in [6.45, 7) is 4.51. The minimum Gasteiger partial charge on any atom is -0.426 e. The van der Waals surface area contributed by atoms with Gasteiger partial charge in [0, 0.05) is 11.8 Å². The molecule has 0 saturated heterocycles. The highest BCUT2D eigenvalue weighted by Crippen LogP contribution is 2.33. The summed E-state index contributed by atoms with van der Waals surface area (Å²) in [5.41, 5.74) is 2.91. The van der Waals surface area contributed by atoms with Gasteiger partial charge in [-0.1, -0.05) is 78.1 Å². The molecule has 4 nitrogen and oxygen atoms in total. The Morgan fingerprint density at radius 1 is 0.800 bits per heavy atom. The monoisotopic (exact) mass is 478 g/mol. The zero-order valence-corrected chi connectivity index (χ0v) is 22.1. The maximum atomic E-state index is 12.6. The lowest BCUT2D eigenvalue weighted by Crippen LogP contribution is -2.25. The van der Waals surface area contributed by atoms with Gasteiger partial charge in [-0.25, -0.2) is 0 Å². The van der Waals surface area contributed by atoms with Crippen LogP contribution in [0.25, 0.3) is 11.3 Å². The fourth-order valence-corrected chi connectivity index (χ4v) is 5.15.